The summed E-state index contributed by atoms with van der Waals surface area (Å²) in [5, 5.41) is 0. The van der Waals surface area contributed by atoms with E-state index in [-0.39, 0.29) is 11.9 Å². The third-order valence-electron chi connectivity index (χ3n) is 3.58. The van der Waals surface area contributed by atoms with Gasteiger partial charge in [-0.2, -0.15) is 0 Å². The van der Waals surface area contributed by atoms with Gasteiger partial charge in [0.25, 0.3) is 0 Å². The summed E-state index contributed by atoms with van der Waals surface area (Å²) in [5.74, 6) is -0.0288. The van der Waals surface area contributed by atoms with Crippen LogP contribution in [0.25, 0.3) is 0 Å². The Morgan fingerprint density at radius 3 is 2.76 bits per heavy atom. The predicted octanol–water partition coefficient (Wildman–Crippen LogP) is 2.24. The molecule has 0 N–H and O–H groups in total. The second-order valence-corrected chi connectivity index (χ2v) is 4.59. The Labute approximate surface area is 102 Å². The zero-order chi connectivity index (χ0) is 12.3. The topological polar surface area (TPSA) is 29.5 Å². The molecule has 92 valence electrons. The van der Waals surface area contributed by atoms with Crippen LogP contribution in [0, 0.1) is 5.92 Å². The van der Waals surface area contributed by atoms with Crippen molar-refractivity contribution >= 4 is 5.97 Å². The van der Waals surface area contributed by atoms with Crippen molar-refractivity contribution < 1.29 is 9.53 Å². The number of ether oxygens (including phenoxy) is 1. The van der Waals surface area contributed by atoms with Crippen molar-refractivity contribution in [2.75, 3.05) is 20.2 Å². The Morgan fingerprint density at radius 2 is 2.12 bits per heavy atom. The molecule has 2 rings (SSSR count). The van der Waals surface area contributed by atoms with E-state index in [1.54, 1.807) is 0 Å². The molecule has 0 radical (unpaired) electrons. The van der Waals surface area contributed by atoms with Gasteiger partial charge in [-0.05, 0) is 25.5 Å². The first-order valence-electron chi connectivity index (χ1n) is 6.09. The van der Waals surface area contributed by atoms with E-state index in [9.17, 15) is 4.79 Å². The number of carbonyl (C=O) groups is 1. The van der Waals surface area contributed by atoms with Crippen LogP contribution in [0.15, 0.2) is 30.3 Å². The molecule has 3 nitrogen and oxygen atoms in total. The lowest BCUT2D eigenvalue weighted by Crippen LogP contribution is -2.26. The second-order valence-electron chi connectivity index (χ2n) is 4.59. The number of hydrogen-bond donors (Lipinski definition) is 0. The summed E-state index contributed by atoms with van der Waals surface area (Å²) in [6.07, 6.45) is 0.907. The molecule has 1 aromatic carbocycles. The van der Waals surface area contributed by atoms with E-state index in [0.717, 1.165) is 19.5 Å². The van der Waals surface area contributed by atoms with Crippen molar-refractivity contribution in [1.29, 1.82) is 0 Å². The maximum atomic E-state index is 11.5. The van der Waals surface area contributed by atoms with E-state index >= 15 is 0 Å². The zero-order valence-electron chi connectivity index (χ0n) is 10.4. The van der Waals surface area contributed by atoms with E-state index < -0.39 is 0 Å². The van der Waals surface area contributed by atoms with Crippen molar-refractivity contribution in [3.05, 3.63) is 35.9 Å². The highest BCUT2D eigenvalue weighted by atomic mass is 16.5. The first kappa shape index (κ1) is 12.1. The number of methoxy groups -OCH3 is 1. The zero-order valence-corrected chi connectivity index (χ0v) is 10.4. The van der Waals surface area contributed by atoms with E-state index in [4.69, 9.17) is 4.74 Å². The van der Waals surface area contributed by atoms with Crippen molar-refractivity contribution in [2.45, 2.75) is 19.4 Å². The Morgan fingerprint density at radius 1 is 1.41 bits per heavy atom. The number of hydrogen-bond acceptors (Lipinski definition) is 3. The summed E-state index contributed by atoms with van der Waals surface area (Å²) in [6.45, 7) is 3.97. The number of benzene rings is 1. The summed E-state index contributed by atoms with van der Waals surface area (Å²) in [5.41, 5.74) is 1.30. The highest BCUT2D eigenvalue weighted by molar-refractivity contribution is 5.72. The summed E-state index contributed by atoms with van der Waals surface area (Å²) >= 11 is 0. The van der Waals surface area contributed by atoms with Gasteiger partial charge in [-0.15, -0.1) is 0 Å². The lowest BCUT2D eigenvalue weighted by molar-refractivity contribution is -0.145. The lowest BCUT2D eigenvalue weighted by atomic mass is 10.1. The van der Waals surface area contributed by atoms with Gasteiger partial charge in [-0.1, -0.05) is 30.3 Å². The minimum atomic E-state index is -0.0761. The average molecular weight is 233 g/mol. The Kier molecular flexibility index (Phi) is 3.79. The second kappa shape index (κ2) is 5.32. The number of rotatable bonds is 3. The maximum absolute atomic E-state index is 11.5. The van der Waals surface area contributed by atoms with E-state index in [1.807, 2.05) is 6.07 Å². The molecule has 1 saturated heterocycles. The van der Waals surface area contributed by atoms with Gasteiger partial charge in [0, 0.05) is 12.6 Å². The standard InChI is InChI=1S/C14H19NO2/c1-11(12-6-4-3-5-7-12)15-9-8-13(10-15)14(16)17-2/h3-7,11,13H,8-10H2,1-2H3/t11-,13+/m0/s1. The predicted molar refractivity (Wildman–Crippen MR) is 66.6 cm³/mol. The summed E-state index contributed by atoms with van der Waals surface area (Å²) in [6, 6.07) is 10.8. The van der Waals surface area contributed by atoms with Gasteiger partial charge >= 0.3 is 5.97 Å². The van der Waals surface area contributed by atoms with Crippen LogP contribution in [0.2, 0.25) is 0 Å². The number of likely N-dealkylation sites (tertiary alicyclic amines) is 1. The molecule has 0 aromatic heterocycles. The fourth-order valence-corrected chi connectivity index (χ4v) is 2.44. The van der Waals surface area contributed by atoms with Gasteiger partial charge in [0.05, 0.1) is 13.0 Å². The quantitative estimate of drug-likeness (QED) is 0.750. The van der Waals surface area contributed by atoms with Gasteiger partial charge in [0.1, 0.15) is 0 Å². The molecule has 1 aliphatic rings. The minimum absolute atomic E-state index is 0.0474. The molecule has 1 heterocycles. The van der Waals surface area contributed by atoms with E-state index in [2.05, 4.69) is 36.1 Å². The summed E-state index contributed by atoms with van der Waals surface area (Å²) < 4.78 is 4.80. The SMILES string of the molecule is COC(=O)[C@@H]1CCN([C@@H](C)c2ccccc2)C1. The van der Waals surface area contributed by atoms with Gasteiger partial charge in [0.15, 0.2) is 0 Å². The van der Waals surface area contributed by atoms with Crippen LogP contribution >= 0.6 is 0 Å². The molecule has 0 saturated carbocycles. The molecule has 1 fully saturated rings. The molecular formula is C14H19NO2. The van der Waals surface area contributed by atoms with Crippen LogP contribution < -0.4 is 0 Å². The third-order valence-corrected chi connectivity index (χ3v) is 3.58. The smallest absolute Gasteiger partial charge is 0.310 e. The molecule has 17 heavy (non-hydrogen) atoms. The largest absolute Gasteiger partial charge is 0.469 e. The molecule has 1 aliphatic heterocycles. The molecule has 0 unspecified atom stereocenters. The normalized spacial score (nSPS) is 22.4. The fourth-order valence-electron chi connectivity index (χ4n) is 2.44. The third kappa shape index (κ3) is 2.67. The first-order valence-corrected chi connectivity index (χ1v) is 6.09. The minimum Gasteiger partial charge on any atom is -0.469 e. The van der Waals surface area contributed by atoms with E-state index in [1.165, 1.54) is 12.7 Å². The number of carbonyl (C=O) groups excluding carboxylic acids is 1. The number of esters is 1. The van der Waals surface area contributed by atoms with Crippen LogP contribution in [0.4, 0.5) is 0 Å². The summed E-state index contributed by atoms with van der Waals surface area (Å²) in [4.78, 5) is 13.8. The average Bonchev–Trinajstić information content (AvgIpc) is 2.87. The van der Waals surface area contributed by atoms with Crippen LogP contribution in [-0.4, -0.2) is 31.1 Å². The molecule has 2 atom stereocenters. The molecular weight excluding hydrogens is 214 g/mol. The van der Waals surface area contributed by atoms with Gasteiger partial charge in [-0.3, -0.25) is 9.69 Å². The van der Waals surface area contributed by atoms with Crippen LogP contribution in [0.3, 0.4) is 0 Å². The van der Waals surface area contributed by atoms with Crippen LogP contribution in [-0.2, 0) is 9.53 Å². The highest BCUT2D eigenvalue weighted by Crippen LogP contribution is 2.27. The van der Waals surface area contributed by atoms with Crippen molar-refractivity contribution in [2.24, 2.45) is 5.92 Å². The molecule has 0 aliphatic carbocycles. The van der Waals surface area contributed by atoms with Gasteiger partial charge < -0.3 is 4.74 Å². The van der Waals surface area contributed by atoms with Crippen molar-refractivity contribution in [1.82, 2.24) is 4.90 Å². The summed E-state index contributed by atoms with van der Waals surface area (Å²) in [7, 11) is 1.46. The maximum Gasteiger partial charge on any atom is 0.310 e. The van der Waals surface area contributed by atoms with Crippen molar-refractivity contribution in [3.8, 4) is 0 Å². The van der Waals surface area contributed by atoms with E-state index in [0.29, 0.717) is 6.04 Å². The molecule has 0 amide bonds. The molecule has 0 bridgehead atoms. The number of nitrogens with zero attached hydrogens (tertiary/aromatic N) is 1. The lowest BCUT2D eigenvalue weighted by Gasteiger charge is -2.24. The fraction of sp³-hybridized carbons (Fsp3) is 0.500. The monoisotopic (exact) mass is 233 g/mol. The van der Waals surface area contributed by atoms with Crippen LogP contribution in [0.5, 0.6) is 0 Å². The molecule has 3 heteroatoms. The molecule has 1 aromatic rings. The molecule has 0 spiro atoms. The highest BCUT2D eigenvalue weighted by Gasteiger charge is 2.31. The first-order chi connectivity index (χ1) is 8.22. The Hall–Kier alpha value is -1.35. The Balaban J connectivity index is 1.99. The van der Waals surface area contributed by atoms with Gasteiger partial charge in [0.2, 0.25) is 0 Å². The van der Waals surface area contributed by atoms with Crippen molar-refractivity contribution in [3.63, 3.8) is 0 Å². The van der Waals surface area contributed by atoms with Gasteiger partial charge in [-0.25, -0.2) is 0 Å². The Bertz CT molecular complexity index is 377. The van der Waals surface area contributed by atoms with Crippen LogP contribution in [0.1, 0.15) is 24.9 Å².